The number of allylic oxidation sites excluding steroid dienone is 2. The Morgan fingerprint density at radius 1 is 1.16 bits per heavy atom. The quantitative estimate of drug-likeness (QED) is 0.770. The number of aliphatic imine (C=N–C) groups is 1. The van der Waals surface area contributed by atoms with Gasteiger partial charge in [-0.05, 0) is 36.1 Å². The van der Waals surface area contributed by atoms with E-state index in [0.717, 1.165) is 41.6 Å². The van der Waals surface area contributed by atoms with Gasteiger partial charge in [0.05, 0.1) is 18.4 Å². The molecule has 0 aliphatic carbocycles. The number of nitrogens with zero attached hydrogens (tertiary/aromatic N) is 2. The molecular weight excluding hydrogens is 312 g/mol. The van der Waals surface area contributed by atoms with Gasteiger partial charge in [-0.15, -0.1) is 0 Å². The maximum Gasteiger partial charge on any atom is 0.340 e. The van der Waals surface area contributed by atoms with E-state index in [9.17, 15) is 4.79 Å². The molecule has 25 heavy (non-hydrogen) atoms. The van der Waals surface area contributed by atoms with Crippen molar-refractivity contribution in [3.05, 3.63) is 59.3 Å². The summed E-state index contributed by atoms with van der Waals surface area (Å²) in [5.74, 6) is -0.350. The molecule has 0 atom stereocenters. The number of carbonyl (C=O) groups is 1. The SMILES string of the molecule is COC(=O)c1cc(-c2ccccc2)cc2c1N=C/C2=C1/CCCN1C. The van der Waals surface area contributed by atoms with Crippen molar-refractivity contribution in [2.45, 2.75) is 12.8 Å². The minimum absolute atomic E-state index is 0.350. The summed E-state index contributed by atoms with van der Waals surface area (Å²) in [5.41, 5.74) is 6.75. The van der Waals surface area contributed by atoms with Crippen LogP contribution in [0, 0.1) is 0 Å². The second-order valence-electron chi connectivity index (χ2n) is 6.42. The van der Waals surface area contributed by atoms with Crippen LogP contribution in [-0.2, 0) is 4.74 Å². The number of ether oxygens (including phenoxy) is 1. The molecule has 4 rings (SSSR count). The lowest BCUT2D eigenvalue weighted by Gasteiger charge is -2.16. The summed E-state index contributed by atoms with van der Waals surface area (Å²) in [6.45, 7) is 1.06. The summed E-state index contributed by atoms with van der Waals surface area (Å²) in [6.07, 6.45) is 4.09. The van der Waals surface area contributed by atoms with Crippen molar-refractivity contribution in [1.82, 2.24) is 4.90 Å². The zero-order valence-corrected chi connectivity index (χ0v) is 14.5. The summed E-state index contributed by atoms with van der Waals surface area (Å²) in [4.78, 5) is 19.2. The first-order valence-corrected chi connectivity index (χ1v) is 8.49. The Labute approximate surface area is 147 Å². The predicted molar refractivity (Wildman–Crippen MR) is 100 cm³/mol. The molecule has 4 heteroatoms. The first-order chi connectivity index (χ1) is 12.2. The summed E-state index contributed by atoms with van der Waals surface area (Å²) in [7, 11) is 3.52. The minimum Gasteiger partial charge on any atom is -0.465 e. The second-order valence-corrected chi connectivity index (χ2v) is 6.42. The highest BCUT2D eigenvalue weighted by atomic mass is 16.5. The van der Waals surface area contributed by atoms with Crippen molar-refractivity contribution in [1.29, 1.82) is 0 Å². The van der Waals surface area contributed by atoms with Crippen molar-refractivity contribution in [3.8, 4) is 11.1 Å². The first kappa shape index (κ1) is 15.6. The molecule has 4 nitrogen and oxygen atoms in total. The van der Waals surface area contributed by atoms with Gasteiger partial charge < -0.3 is 9.64 Å². The molecule has 2 aliphatic heterocycles. The molecule has 0 radical (unpaired) electrons. The normalized spacial score (nSPS) is 18.6. The number of likely N-dealkylation sites (tertiary alicyclic amines) is 1. The van der Waals surface area contributed by atoms with E-state index in [-0.39, 0.29) is 5.97 Å². The van der Waals surface area contributed by atoms with Gasteiger partial charge in [-0.1, -0.05) is 30.3 Å². The van der Waals surface area contributed by atoms with Gasteiger partial charge in [0.1, 0.15) is 0 Å². The third-order valence-electron chi connectivity index (χ3n) is 4.91. The van der Waals surface area contributed by atoms with E-state index in [1.165, 1.54) is 12.8 Å². The number of methoxy groups -OCH3 is 1. The fourth-order valence-corrected chi connectivity index (χ4v) is 3.62. The van der Waals surface area contributed by atoms with Crippen LogP contribution in [0.15, 0.2) is 53.2 Å². The van der Waals surface area contributed by atoms with E-state index >= 15 is 0 Å². The van der Waals surface area contributed by atoms with E-state index < -0.39 is 0 Å². The standard InChI is InChI=1S/C21H20N2O2/c1-23-10-6-9-19(23)18-13-22-20-16(18)11-15(12-17(20)21(24)25-2)14-7-4-3-5-8-14/h3-5,7-8,11-13H,6,9-10H2,1-2H3/b19-18+. The number of hydrogen-bond acceptors (Lipinski definition) is 4. The van der Waals surface area contributed by atoms with E-state index in [1.807, 2.05) is 42.6 Å². The zero-order valence-electron chi connectivity index (χ0n) is 14.5. The topological polar surface area (TPSA) is 41.9 Å². The molecule has 0 amide bonds. The lowest BCUT2D eigenvalue weighted by atomic mass is 9.94. The molecule has 1 saturated heterocycles. The van der Waals surface area contributed by atoms with Gasteiger partial charge in [-0.25, -0.2) is 4.79 Å². The fourth-order valence-electron chi connectivity index (χ4n) is 3.62. The van der Waals surface area contributed by atoms with Crippen molar-refractivity contribution in [2.75, 3.05) is 20.7 Å². The molecule has 2 aromatic carbocycles. The Balaban J connectivity index is 1.94. The van der Waals surface area contributed by atoms with Crippen LogP contribution in [0.25, 0.3) is 16.7 Å². The van der Waals surface area contributed by atoms with Crippen molar-refractivity contribution in [3.63, 3.8) is 0 Å². The number of esters is 1. The van der Waals surface area contributed by atoms with Crippen LogP contribution in [0.5, 0.6) is 0 Å². The number of hydrogen-bond donors (Lipinski definition) is 0. The van der Waals surface area contributed by atoms with Crippen LogP contribution >= 0.6 is 0 Å². The Morgan fingerprint density at radius 3 is 2.64 bits per heavy atom. The number of benzene rings is 2. The molecular formula is C21H20N2O2. The van der Waals surface area contributed by atoms with Gasteiger partial charge in [-0.2, -0.15) is 0 Å². The lowest BCUT2D eigenvalue weighted by molar-refractivity contribution is 0.0602. The summed E-state index contributed by atoms with van der Waals surface area (Å²) in [6, 6.07) is 14.1. The number of rotatable bonds is 2. The maximum atomic E-state index is 12.3. The molecule has 2 aromatic rings. The van der Waals surface area contributed by atoms with Gasteiger partial charge >= 0.3 is 5.97 Å². The zero-order chi connectivity index (χ0) is 17.4. The van der Waals surface area contributed by atoms with E-state index in [0.29, 0.717) is 11.3 Å². The van der Waals surface area contributed by atoms with Crippen molar-refractivity contribution < 1.29 is 9.53 Å². The summed E-state index contributed by atoms with van der Waals surface area (Å²) in [5, 5.41) is 0. The van der Waals surface area contributed by atoms with Gasteiger partial charge in [-0.3, -0.25) is 4.99 Å². The monoisotopic (exact) mass is 332 g/mol. The highest BCUT2D eigenvalue weighted by Crippen LogP contribution is 2.41. The van der Waals surface area contributed by atoms with Crippen molar-refractivity contribution in [2.24, 2.45) is 4.99 Å². The van der Waals surface area contributed by atoms with Crippen LogP contribution in [-0.4, -0.2) is 37.8 Å². The Morgan fingerprint density at radius 2 is 1.96 bits per heavy atom. The van der Waals surface area contributed by atoms with E-state index in [4.69, 9.17) is 4.74 Å². The largest absolute Gasteiger partial charge is 0.465 e. The van der Waals surface area contributed by atoms with Gasteiger partial charge in [0.15, 0.2) is 0 Å². The minimum atomic E-state index is -0.350. The molecule has 0 bridgehead atoms. The van der Waals surface area contributed by atoms with Crippen molar-refractivity contribution >= 4 is 23.4 Å². The molecule has 0 saturated carbocycles. The Bertz CT molecular complexity index is 898. The van der Waals surface area contributed by atoms with Crippen LogP contribution in [0.2, 0.25) is 0 Å². The highest BCUT2D eigenvalue weighted by molar-refractivity contribution is 6.20. The third kappa shape index (κ3) is 2.64. The molecule has 126 valence electrons. The van der Waals surface area contributed by atoms with Crippen LogP contribution in [0.1, 0.15) is 28.8 Å². The Hall–Kier alpha value is -2.88. The van der Waals surface area contributed by atoms with E-state index in [2.05, 4.69) is 23.0 Å². The number of fused-ring (bicyclic) bond motifs is 1. The van der Waals surface area contributed by atoms with Gasteiger partial charge in [0, 0.05) is 36.6 Å². The molecule has 2 aliphatic rings. The molecule has 0 spiro atoms. The molecule has 2 heterocycles. The average molecular weight is 332 g/mol. The highest BCUT2D eigenvalue weighted by Gasteiger charge is 2.26. The van der Waals surface area contributed by atoms with Crippen LogP contribution < -0.4 is 0 Å². The maximum absolute atomic E-state index is 12.3. The summed E-state index contributed by atoms with van der Waals surface area (Å²) < 4.78 is 4.99. The molecule has 0 aromatic heterocycles. The average Bonchev–Trinajstić information content (AvgIpc) is 3.26. The first-order valence-electron chi connectivity index (χ1n) is 8.49. The molecule has 0 unspecified atom stereocenters. The lowest BCUT2D eigenvalue weighted by Crippen LogP contribution is -2.12. The molecule has 0 N–H and O–H groups in total. The van der Waals surface area contributed by atoms with Crippen LogP contribution in [0.4, 0.5) is 5.69 Å². The summed E-state index contributed by atoms with van der Waals surface area (Å²) >= 11 is 0. The fraction of sp³-hybridized carbons (Fsp3) is 0.238. The van der Waals surface area contributed by atoms with Gasteiger partial charge in [0.25, 0.3) is 0 Å². The number of carbonyl (C=O) groups excluding carboxylic acids is 1. The predicted octanol–water partition coefficient (Wildman–Crippen LogP) is 4.29. The van der Waals surface area contributed by atoms with E-state index in [1.54, 1.807) is 0 Å². The smallest absolute Gasteiger partial charge is 0.340 e. The molecule has 1 fully saturated rings. The van der Waals surface area contributed by atoms with Crippen LogP contribution in [0.3, 0.4) is 0 Å². The van der Waals surface area contributed by atoms with Gasteiger partial charge in [0.2, 0.25) is 0 Å². The third-order valence-corrected chi connectivity index (χ3v) is 4.91. The second kappa shape index (κ2) is 6.20. The Kier molecular flexibility index (Phi) is 3.88.